The van der Waals surface area contributed by atoms with Crippen LogP contribution in [0, 0.1) is 5.41 Å². The highest BCUT2D eigenvalue weighted by molar-refractivity contribution is 5.38. The number of nitrogens with zero attached hydrogens (tertiary/aromatic N) is 2. The van der Waals surface area contributed by atoms with Crippen molar-refractivity contribution in [3.63, 3.8) is 0 Å². The number of rotatable bonds is 0. The minimum Gasteiger partial charge on any atom is -0.444 e. The molecule has 2 rings (SSSR count). The summed E-state index contributed by atoms with van der Waals surface area (Å²) in [4.78, 5) is 3.85. The van der Waals surface area contributed by atoms with Gasteiger partial charge >= 0.3 is 0 Å². The molecule has 0 unspecified atom stereocenters. The smallest absolute Gasteiger partial charge is 0.237 e. The van der Waals surface area contributed by atoms with Crippen LogP contribution >= 0.6 is 0 Å². The first-order chi connectivity index (χ1) is 4.88. The van der Waals surface area contributed by atoms with Gasteiger partial charge in [-0.15, -0.1) is 0 Å². The van der Waals surface area contributed by atoms with Crippen molar-refractivity contribution in [2.75, 3.05) is 0 Å². The lowest BCUT2D eigenvalue weighted by Gasteiger charge is -1.88. The van der Waals surface area contributed by atoms with Gasteiger partial charge in [-0.05, 0) is 0 Å². The van der Waals surface area contributed by atoms with Crippen LogP contribution in [-0.2, 0) is 0 Å². The van der Waals surface area contributed by atoms with E-state index in [-0.39, 0.29) is 5.55 Å². The van der Waals surface area contributed by atoms with Crippen LogP contribution in [0.3, 0.4) is 0 Å². The Kier molecular flexibility index (Phi) is 0.887. The summed E-state index contributed by atoms with van der Waals surface area (Å²) in [6.45, 7) is 0. The summed E-state index contributed by atoms with van der Waals surface area (Å²) in [5.41, 5.74) is 0.822. The van der Waals surface area contributed by atoms with Crippen molar-refractivity contribution in [2.45, 2.75) is 0 Å². The first kappa shape index (κ1) is 5.22. The van der Waals surface area contributed by atoms with Crippen LogP contribution in [0.1, 0.15) is 0 Å². The summed E-state index contributed by atoms with van der Waals surface area (Å²) in [5, 5.41) is 7.25. The van der Waals surface area contributed by atoms with Crippen molar-refractivity contribution in [3.05, 3.63) is 30.5 Å². The average molecular weight is 135 g/mol. The van der Waals surface area contributed by atoms with Gasteiger partial charge in [-0.2, -0.15) is 0 Å². The molecular formula is C6H5N3O. The number of fused-ring (bicyclic) bond motifs is 1. The molecule has 2 aromatic heterocycles. The Labute approximate surface area is 56.3 Å². The third-order valence-corrected chi connectivity index (χ3v) is 1.31. The molecule has 4 nitrogen and oxygen atoms in total. The molecule has 0 spiro atoms. The monoisotopic (exact) mass is 135 g/mol. The zero-order valence-electron chi connectivity index (χ0n) is 5.11. The molecule has 0 bridgehead atoms. The molecule has 0 fully saturated rings. The van der Waals surface area contributed by atoms with Gasteiger partial charge in [0.05, 0.1) is 12.5 Å². The van der Waals surface area contributed by atoms with E-state index in [1.54, 1.807) is 23.1 Å². The van der Waals surface area contributed by atoms with E-state index in [0.29, 0.717) is 5.52 Å². The SMILES string of the molecule is N=c1occn2cncc12. The summed E-state index contributed by atoms with van der Waals surface area (Å²) < 4.78 is 6.53. The number of hydrogen-bond acceptors (Lipinski definition) is 3. The molecule has 0 saturated heterocycles. The minimum atomic E-state index is 0.139. The summed E-state index contributed by atoms with van der Waals surface area (Å²) in [6.07, 6.45) is 6.38. The number of imidazole rings is 1. The molecule has 10 heavy (non-hydrogen) atoms. The Morgan fingerprint density at radius 2 is 2.50 bits per heavy atom. The van der Waals surface area contributed by atoms with Crippen LogP contribution in [0.2, 0.25) is 0 Å². The first-order valence-electron chi connectivity index (χ1n) is 2.82. The number of aromatic nitrogens is 2. The lowest BCUT2D eigenvalue weighted by molar-refractivity contribution is 0.486. The predicted octanol–water partition coefficient (Wildman–Crippen LogP) is 0.407. The molecule has 0 amide bonds. The zero-order valence-corrected chi connectivity index (χ0v) is 5.11. The van der Waals surface area contributed by atoms with E-state index in [0.717, 1.165) is 0 Å². The molecule has 0 aromatic carbocycles. The van der Waals surface area contributed by atoms with Crippen molar-refractivity contribution in [2.24, 2.45) is 0 Å². The molecule has 2 heterocycles. The molecule has 50 valence electrons. The van der Waals surface area contributed by atoms with Crippen LogP contribution in [0.5, 0.6) is 0 Å². The Morgan fingerprint density at radius 3 is 3.30 bits per heavy atom. The zero-order chi connectivity index (χ0) is 6.97. The maximum atomic E-state index is 7.25. The second kappa shape index (κ2) is 1.70. The Bertz CT molecular complexity index is 400. The summed E-state index contributed by atoms with van der Waals surface area (Å²) in [6, 6.07) is 0. The van der Waals surface area contributed by atoms with E-state index in [4.69, 9.17) is 9.83 Å². The van der Waals surface area contributed by atoms with Gasteiger partial charge in [0.1, 0.15) is 11.8 Å². The van der Waals surface area contributed by atoms with Gasteiger partial charge in [-0.1, -0.05) is 0 Å². The molecule has 2 aromatic rings. The molecule has 0 aliphatic heterocycles. The molecule has 4 heteroatoms. The Balaban J connectivity index is 3.09. The van der Waals surface area contributed by atoms with Crippen molar-refractivity contribution >= 4 is 5.52 Å². The second-order valence-electron chi connectivity index (χ2n) is 1.92. The summed E-state index contributed by atoms with van der Waals surface area (Å²) >= 11 is 0. The maximum Gasteiger partial charge on any atom is 0.237 e. The van der Waals surface area contributed by atoms with Gasteiger partial charge in [0, 0.05) is 6.20 Å². The normalized spacial score (nSPS) is 10.4. The maximum absolute atomic E-state index is 7.25. The van der Waals surface area contributed by atoms with Crippen molar-refractivity contribution in [1.82, 2.24) is 9.38 Å². The summed E-state index contributed by atoms with van der Waals surface area (Å²) in [7, 11) is 0. The second-order valence-corrected chi connectivity index (χ2v) is 1.92. The molecule has 0 atom stereocenters. The third-order valence-electron chi connectivity index (χ3n) is 1.31. The Hall–Kier alpha value is -1.58. The van der Waals surface area contributed by atoms with Crippen molar-refractivity contribution in [1.29, 1.82) is 5.41 Å². The third kappa shape index (κ3) is 0.556. The van der Waals surface area contributed by atoms with Crippen LogP contribution in [-0.4, -0.2) is 9.38 Å². The molecule has 0 aliphatic rings. The van der Waals surface area contributed by atoms with E-state index in [2.05, 4.69) is 4.98 Å². The van der Waals surface area contributed by atoms with Crippen LogP contribution in [0.25, 0.3) is 5.52 Å². The van der Waals surface area contributed by atoms with E-state index in [9.17, 15) is 0 Å². The van der Waals surface area contributed by atoms with Gasteiger partial charge in [0.15, 0.2) is 0 Å². The average Bonchev–Trinajstić information content (AvgIpc) is 2.36. The highest BCUT2D eigenvalue weighted by Crippen LogP contribution is 1.91. The van der Waals surface area contributed by atoms with Gasteiger partial charge in [0.25, 0.3) is 0 Å². The molecular weight excluding hydrogens is 130 g/mol. The van der Waals surface area contributed by atoms with E-state index >= 15 is 0 Å². The minimum absolute atomic E-state index is 0.139. The molecule has 0 aliphatic carbocycles. The van der Waals surface area contributed by atoms with E-state index in [1.807, 2.05) is 0 Å². The van der Waals surface area contributed by atoms with Crippen molar-refractivity contribution in [3.8, 4) is 0 Å². The van der Waals surface area contributed by atoms with Crippen LogP contribution < -0.4 is 5.55 Å². The fourth-order valence-corrected chi connectivity index (χ4v) is 0.824. The predicted molar refractivity (Wildman–Crippen MR) is 33.3 cm³/mol. The Morgan fingerprint density at radius 1 is 1.60 bits per heavy atom. The topological polar surface area (TPSA) is 54.3 Å². The van der Waals surface area contributed by atoms with Gasteiger partial charge in [-0.25, -0.2) is 4.98 Å². The van der Waals surface area contributed by atoms with E-state index < -0.39 is 0 Å². The van der Waals surface area contributed by atoms with Crippen molar-refractivity contribution < 1.29 is 4.42 Å². The molecule has 0 radical (unpaired) electrons. The fraction of sp³-hybridized carbons (Fsp3) is 0. The van der Waals surface area contributed by atoms with E-state index in [1.165, 1.54) is 6.26 Å². The van der Waals surface area contributed by atoms with Crippen LogP contribution in [0.4, 0.5) is 0 Å². The number of hydrogen-bond donors (Lipinski definition) is 1. The molecule has 0 saturated carbocycles. The largest absolute Gasteiger partial charge is 0.444 e. The lowest BCUT2D eigenvalue weighted by Crippen LogP contribution is -2.00. The van der Waals surface area contributed by atoms with Gasteiger partial charge < -0.3 is 4.42 Å². The standard InChI is InChI=1S/C6H5N3O/c7-6-5-3-8-4-9(5)1-2-10-6/h1-4,7H. The summed E-state index contributed by atoms with van der Waals surface area (Å²) in [5.74, 6) is 0. The molecule has 1 N–H and O–H groups in total. The van der Waals surface area contributed by atoms with Gasteiger partial charge in [-0.3, -0.25) is 9.81 Å². The highest BCUT2D eigenvalue weighted by Gasteiger charge is 1.92. The fourth-order valence-electron chi connectivity index (χ4n) is 0.824. The first-order valence-corrected chi connectivity index (χ1v) is 2.82. The quantitative estimate of drug-likeness (QED) is 0.568. The highest BCUT2D eigenvalue weighted by atomic mass is 16.3. The number of nitrogens with one attached hydrogen (secondary N) is 1. The lowest BCUT2D eigenvalue weighted by atomic mass is 10.6. The van der Waals surface area contributed by atoms with Crippen LogP contribution in [0.15, 0.2) is 29.4 Å². The van der Waals surface area contributed by atoms with Gasteiger partial charge in [0.2, 0.25) is 5.55 Å².